The van der Waals surface area contributed by atoms with Gasteiger partial charge in [-0.15, -0.1) is 11.3 Å². The Labute approximate surface area is 196 Å². The molecule has 4 aliphatic heterocycles. The summed E-state index contributed by atoms with van der Waals surface area (Å²) in [6.07, 6.45) is 3.79. The molecule has 32 heavy (non-hydrogen) atoms. The van der Waals surface area contributed by atoms with Crippen LogP contribution in [0.4, 0.5) is 11.4 Å². The maximum absolute atomic E-state index is 3.81. The number of rotatable bonds is 3. The predicted octanol–water partition coefficient (Wildman–Crippen LogP) is 4.30. The van der Waals surface area contributed by atoms with Gasteiger partial charge in [-0.1, -0.05) is 26.0 Å². The van der Waals surface area contributed by atoms with Gasteiger partial charge in [0.2, 0.25) is 0 Å². The lowest BCUT2D eigenvalue weighted by atomic mass is 9.81. The van der Waals surface area contributed by atoms with Gasteiger partial charge in [-0.05, 0) is 43.2 Å². The first-order chi connectivity index (χ1) is 15.7. The van der Waals surface area contributed by atoms with E-state index in [2.05, 4.69) is 69.1 Å². The number of thiophene rings is 1. The van der Waals surface area contributed by atoms with E-state index in [-0.39, 0.29) is 6.04 Å². The first kappa shape index (κ1) is 21.8. The molecule has 6 rings (SSSR count). The highest BCUT2D eigenvalue weighted by molar-refractivity contribution is 7.13. The van der Waals surface area contributed by atoms with E-state index in [0.717, 1.165) is 26.2 Å². The van der Waals surface area contributed by atoms with E-state index in [1.54, 1.807) is 0 Å². The lowest BCUT2D eigenvalue weighted by Gasteiger charge is -2.40. The van der Waals surface area contributed by atoms with Crippen LogP contribution in [0.2, 0.25) is 0 Å². The first-order valence-corrected chi connectivity index (χ1v) is 13.1. The standard InChI is InChI=1S/C24H31N5S.C2H6/c1-17-12-21-23(30-17)22(29-9-6-24(16-29)14-26-15-24)13-20(27-21)18-2-4-19(5-3-18)28-10-7-25-8-11-28;1-2/h2-5,12-13,20,25-27H,6-11,14-16H2,1H3;1-2H3. The number of hydrogen-bond acceptors (Lipinski definition) is 6. The second kappa shape index (κ2) is 9.08. The molecule has 5 heterocycles. The number of likely N-dealkylation sites (tertiary alicyclic amines) is 1. The molecular formula is C26H37N5S. The smallest absolute Gasteiger partial charge is 0.0736 e. The Hall–Kier alpha value is -2.02. The van der Waals surface area contributed by atoms with Gasteiger partial charge in [0.1, 0.15) is 0 Å². The summed E-state index contributed by atoms with van der Waals surface area (Å²) in [6, 6.07) is 11.8. The van der Waals surface area contributed by atoms with E-state index < -0.39 is 0 Å². The maximum Gasteiger partial charge on any atom is 0.0736 e. The third-order valence-corrected chi connectivity index (χ3v) is 8.31. The number of aryl methyl sites for hydroxylation is 1. The third-order valence-electron chi connectivity index (χ3n) is 7.24. The molecule has 0 bridgehead atoms. The van der Waals surface area contributed by atoms with Crippen molar-refractivity contribution in [2.45, 2.75) is 33.2 Å². The number of hydrogen-bond donors (Lipinski definition) is 3. The molecule has 172 valence electrons. The third kappa shape index (κ3) is 4.04. The maximum atomic E-state index is 3.81. The van der Waals surface area contributed by atoms with Crippen LogP contribution in [0.3, 0.4) is 0 Å². The van der Waals surface area contributed by atoms with Gasteiger partial charge in [0, 0.05) is 68.3 Å². The molecule has 5 nitrogen and oxygen atoms in total. The van der Waals surface area contributed by atoms with E-state index in [4.69, 9.17) is 0 Å². The average molecular weight is 452 g/mol. The Balaban J connectivity index is 0.00000105. The molecule has 6 heteroatoms. The van der Waals surface area contributed by atoms with Crippen LogP contribution >= 0.6 is 11.3 Å². The first-order valence-electron chi connectivity index (χ1n) is 12.3. The van der Waals surface area contributed by atoms with Gasteiger partial charge in [0.25, 0.3) is 0 Å². The fourth-order valence-corrected chi connectivity index (χ4v) is 6.43. The minimum Gasteiger partial charge on any atom is -0.373 e. The van der Waals surface area contributed by atoms with Crippen LogP contribution in [0, 0.1) is 12.3 Å². The molecule has 0 aliphatic carbocycles. The SMILES string of the molecule is CC.Cc1cc2c(s1)C(N1CCC3(CNC3)C1)=CC(c1ccc(N3CCNCC3)cc1)N2. The van der Waals surface area contributed by atoms with Crippen LogP contribution in [-0.2, 0) is 0 Å². The van der Waals surface area contributed by atoms with E-state index in [1.165, 1.54) is 65.0 Å². The molecule has 1 aromatic heterocycles. The zero-order valence-corrected chi connectivity index (χ0v) is 20.5. The van der Waals surface area contributed by atoms with Crippen molar-refractivity contribution in [1.29, 1.82) is 0 Å². The molecule has 3 fully saturated rings. The summed E-state index contributed by atoms with van der Waals surface area (Å²) < 4.78 is 0. The zero-order valence-electron chi connectivity index (χ0n) is 19.7. The monoisotopic (exact) mass is 451 g/mol. The predicted molar refractivity (Wildman–Crippen MR) is 138 cm³/mol. The highest BCUT2D eigenvalue weighted by Gasteiger charge is 2.44. The van der Waals surface area contributed by atoms with Gasteiger partial charge in [0.05, 0.1) is 22.3 Å². The summed E-state index contributed by atoms with van der Waals surface area (Å²) >= 11 is 1.93. The van der Waals surface area contributed by atoms with Crippen LogP contribution in [0.15, 0.2) is 36.4 Å². The summed E-state index contributed by atoms with van der Waals surface area (Å²) in [6.45, 7) is 15.3. The zero-order chi connectivity index (χ0) is 22.1. The number of piperazine rings is 1. The summed E-state index contributed by atoms with van der Waals surface area (Å²) in [5.74, 6) is 0. The van der Waals surface area contributed by atoms with Gasteiger partial charge in [0.15, 0.2) is 0 Å². The molecule has 3 N–H and O–H groups in total. The number of nitrogens with zero attached hydrogens (tertiary/aromatic N) is 2. The fourth-order valence-electron chi connectivity index (χ4n) is 5.41. The van der Waals surface area contributed by atoms with Gasteiger partial charge >= 0.3 is 0 Å². The molecule has 1 unspecified atom stereocenters. The molecule has 1 aromatic carbocycles. The Morgan fingerprint density at radius 3 is 2.38 bits per heavy atom. The lowest BCUT2D eigenvalue weighted by Crippen LogP contribution is -2.54. The number of anilines is 2. The van der Waals surface area contributed by atoms with Gasteiger partial charge < -0.3 is 25.8 Å². The highest BCUT2D eigenvalue weighted by atomic mass is 32.1. The topological polar surface area (TPSA) is 42.6 Å². The quantitative estimate of drug-likeness (QED) is 0.649. The summed E-state index contributed by atoms with van der Waals surface area (Å²) in [5, 5.41) is 10.7. The molecule has 1 spiro atoms. The van der Waals surface area contributed by atoms with E-state index in [9.17, 15) is 0 Å². The minimum absolute atomic E-state index is 0.231. The van der Waals surface area contributed by atoms with Crippen LogP contribution in [0.5, 0.6) is 0 Å². The Morgan fingerprint density at radius 2 is 1.72 bits per heavy atom. The van der Waals surface area contributed by atoms with Gasteiger partial charge in [-0.25, -0.2) is 0 Å². The van der Waals surface area contributed by atoms with Crippen molar-refractivity contribution in [2.75, 3.05) is 62.6 Å². The fraction of sp³-hybridized carbons (Fsp3) is 0.538. The normalized spacial score (nSPS) is 23.6. The molecule has 1 atom stereocenters. The summed E-state index contributed by atoms with van der Waals surface area (Å²) in [5.41, 5.74) is 5.95. The largest absolute Gasteiger partial charge is 0.373 e. The molecule has 3 saturated heterocycles. The van der Waals surface area contributed by atoms with Crippen molar-refractivity contribution in [3.8, 4) is 0 Å². The van der Waals surface area contributed by atoms with Crippen LogP contribution < -0.4 is 20.9 Å². The number of fused-ring (bicyclic) bond motifs is 1. The second-order valence-corrected chi connectivity index (χ2v) is 10.6. The molecule has 0 radical (unpaired) electrons. The number of nitrogens with one attached hydrogen (secondary N) is 3. The Morgan fingerprint density at radius 1 is 0.969 bits per heavy atom. The Bertz CT molecular complexity index is 953. The second-order valence-electron chi connectivity index (χ2n) is 9.38. The van der Waals surface area contributed by atoms with Crippen molar-refractivity contribution >= 4 is 28.4 Å². The van der Waals surface area contributed by atoms with Crippen molar-refractivity contribution in [2.24, 2.45) is 5.41 Å². The average Bonchev–Trinajstić information content (AvgIpc) is 3.44. The van der Waals surface area contributed by atoms with Crippen molar-refractivity contribution in [3.63, 3.8) is 0 Å². The van der Waals surface area contributed by atoms with Gasteiger partial charge in [-0.3, -0.25) is 0 Å². The van der Waals surface area contributed by atoms with E-state index in [0.29, 0.717) is 5.41 Å². The van der Waals surface area contributed by atoms with Crippen LogP contribution in [0.1, 0.15) is 41.6 Å². The molecule has 0 saturated carbocycles. The number of benzene rings is 1. The molecule has 2 aromatic rings. The van der Waals surface area contributed by atoms with Crippen molar-refractivity contribution in [3.05, 3.63) is 51.7 Å². The highest BCUT2D eigenvalue weighted by Crippen LogP contribution is 2.45. The molecule has 0 amide bonds. The van der Waals surface area contributed by atoms with E-state index in [1.807, 2.05) is 25.2 Å². The summed E-state index contributed by atoms with van der Waals surface area (Å²) in [7, 11) is 0. The minimum atomic E-state index is 0.231. The van der Waals surface area contributed by atoms with Crippen LogP contribution in [-0.4, -0.2) is 57.3 Å². The van der Waals surface area contributed by atoms with Crippen molar-refractivity contribution < 1.29 is 0 Å². The summed E-state index contributed by atoms with van der Waals surface area (Å²) in [4.78, 5) is 7.93. The van der Waals surface area contributed by atoms with Gasteiger partial charge in [-0.2, -0.15) is 0 Å². The molecular weight excluding hydrogens is 414 g/mol. The lowest BCUT2D eigenvalue weighted by molar-refractivity contribution is 0.183. The molecule has 4 aliphatic rings. The van der Waals surface area contributed by atoms with E-state index >= 15 is 0 Å². The Kier molecular flexibility index (Phi) is 6.19. The van der Waals surface area contributed by atoms with Crippen LogP contribution in [0.25, 0.3) is 5.70 Å². The van der Waals surface area contributed by atoms with Crippen molar-refractivity contribution in [1.82, 2.24) is 15.5 Å².